The summed E-state index contributed by atoms with van der Waals surface area (Å²) in [4.78, 5) is 41.1. The molecule has 0 radical (unpaired) electrons. The lowest BCUT2D eigenvalue weighted by molar-refractivity contribution is -0.117. The highest BCUT2D eigenvalue weighted by Crippen LogP contribution is 2.29. The van der Waals surface area contributed by atoms with Crippen molar-refractivity contribution in [2.75, 3.05) is 12.4 Å². The van der Waals surface area contributed by atoms with Gasteiger partial charge in [-0.1, -0.05) is 0 Å². The quantitative estimate of drug-likeness (QED) is 0.490. The van der Waals surface area contributed by atoms with Crippen LogP contribution in [0.4, 0.5) is 5.69 Å². The molecule has 0 unspecified atom stereocenters. The van der Waals surface area contributed by atoms with Crippen LogP contribution in [0.3, 0.4) is 0 Å². The minimum absolute atomic E-state index is 0.245. The molecule has 0 atom stereocenters. The first kappa shape index (κ1) is 19.5. The highest BCUT2D eigenvalue weighted by Gasteiger charge is 2.19. The van der Waals surface area contributed by atoms with Crippen LogP contribution in [0.2, 0.25) is 0 Å². The maximum atomic E-state index is 12.8. The number of ether oxygens (including phenoxy) is 1. The van der Waals surface area contributed by atoms with Crippen molar-refractivity contribution in [3.63, 3.8) is 0 Å². The van der Waals surface area contributed by atoms with Gasteiger partial charge in [-0.15, -0.1) is 11.3 Å². The molecule has 30 heavy (non-hydrogen) atoms. The van der Waals surface area contributed by atoms with Gasteiger partial charge < -0.3 is 14.5 Å². The second-order valence-corrected chi connectivity index (χ2v) is 7.52. The lowest BCUT2D eigenvalue weighted by Gasteiger charge is -2.09. The number of hydrogen-bond acceptors (Lipinski definition) is 8. The predicted octanol–water partition coefficient (Wildman–Crippen LogP) is 2.85. The van der Waals surface area contributed by atoms with Crippen molar-refractivity contribution in [2.24, 2.45) is 0 Å². The maximum Gasteiger partial charge on any atom is 0.337 e. The number of methoxy groups -OCH3 is 1. The van der Waals surface area contributed by atoms with Crippen molar-refractivity contribution < 1.29 is 18.7 Å². The second kappa shape index (κ2) is 7.91. The van der Waals surface area contributed by atoms with Gasteiger partial charge in [-0.2, -0.15) is 5.10 Å². The molecule has 0 bridgehead atoms. The Balaban J connectivity index is 1.62. The van der Waals surface area contributed by atoms with Crippen LogP contribution >= 0.6 is 11.3 Å². The van der Waals surface area contributed by atoms with E-state index in [4.69, 9.17) is 4.42 Å². The summed E-state index contributed by atoms with van der Waals surface area (Å²) < 4.78 is 11.8. The molecule has 3 heterocycles. The van der Waals surface area contributed by atoms with Gasteiger partial charge in [0.1, 0.15) is 12.2 Å². The molecule has 0 aliphatic rings. The molecule has 9 nitrogen and oxygen atoms in total. The summed E-state index contributed by atoms with van der Waals surface area (Å²) in [6, 6.07) is 9.66. The van der Waals surface area contributed by atoms with Crippen LogP contribution in [0.1, 0.15) is 15.4 Å². The van der Waals surface area contributed by atoms with Crippen molar-refractivity contribution in [2.45, 2.75) is 13.5 Å². The van der Waals surface area contributed by atoms with E-state index in [1.54, 1.807) is 31.2 Å². The van der Waals surface area contributed by atoms with Gasteiger partial charge in [0.2, 0.25) is 5.91 Å². The number of aromatic nitrogens is 3. The molecule has 152 valence electrons. The standard InChI is InChI=1S/C20H16N4O5S/c1-11-21-17-18(30-11)16(14-4-3-9-29-14)23-24(19(17)26)10-15(25)22-13-7-5-12(6-8-13)20(27)28-2/h3-9H,10H2,1-2H3,(H,22,25). The van der Waals surface area contributed by atoms with E-state index in [0.717, 1.165) is 4.68 Å². The summed E-state index contributed by atoms with van der Waals surface area (Å²) in [6.07, 6.45) is 1.51. The van der Waals surface area contributed by atoms with Crippen LogP contribution in [-0.4, -0.2) is 33.8 Å². The molecule has 1 aromatic carbocycles. The third-order valence-corrected chi connectivity index (χ3v) is 5.22. The second-order valence-electron chi connectivity index (χ2n) is 6.32. The van der Waals surface area contributed by atoms with Gasteiger partial charge in [0, 0.05) is 5.69 Å². The minimum Gasteiger partial charge on any atom is -0.465 e. The Kier molecular flexibility index (Phi) is 5.15. The number of carbonyl (C=O) groups is 2. The van der Waals surface area contributed by atoms with Crippen molar-refractivity contribution in [1.29, 1.82) is 0 Å². The van der Waals surface area contributed by atoms with Crippen LogP contribution in [-0.2, 0) is 16.1 Å². The number of anilines is 1. The number of hydrogen-bond donors (Lipinski definition) is 1. The molecule has 0 saturated heterocycles. The lowest BCUT2D eigenvalue weighted by atomic mass is 10.2. The third-order valence-electron chi connectivity index (χ3n) is 4.24. The molecule has 4 aromatic rings. The summed E-state index contributed by atoms with van der Waals surface area (Å²) in [5.41, 5.74) is 1.07. The number of fused-ring (bicyclic) bond motifs is 1. The Morgan fingerprint density at radius 2 is 2.00 bits per heavy atom. The molecule has 0 aliphatic carbocycles. The number of nitrogens with zero attached hydrogens (tertiary/aromatic N) is 3. The van der Waals surface area contributed by atoms with E-state index in [0.29, 0.717) is 32.4 Å². The van der Waals surface area contributed by atoms with E-state index in [9.17, 15) is 14.4 Å². The molecule has 4 rings (SSSR count). The normalized spacial score (nSPS) is 10.9. The summed E-state index contributed by atoms with van der Waals surface area (Å²) in [5, 5.41) is 7.73. The van der Waals surface area contributed by atoms with Gasteiger partial charge in [-0.25, -0.2) is 14.5 Å². The first-order valence-corrected chi connectivity index (χ1v) is 9.68. The highest BCUT2D eigenvalue weighted by atomic mass is 32.1. The van der Waals surface area contributed by atoms with Gasteiger partial charge in [-0.05, 0) is 43.3 Å². The van der Waals surface area contributed by atoms with Crippen LogP contribution < -0.4 is 10.9 Å². The number of nitrogens with one attached hydrogen (secondary N) is 1. The zero-order chi connectivity index (χ0) is 21.3. The fraction of sp³-hybridized carbons (Fsp3) is 0.150. The molecular formula is C20H16N4O5S. The average molecular weight is 424 g/mol. The van der Waals surface area contributed by atoms with Crippen LogP contribution in [0, 0.1) is 6.92 Å². The SMILES string of the molecule is COC(=O)c1ccc(NC(=O)Cn2nc(-c3ccco3)c3sc(C)nc3c2=O)cc1. The van der Waals surface area contributed by atoms with Gasteiger partial charge in [0.15, 0.2) is 11.3 Å². The van der Waals surface area contributed by atoms with E-state index >= 15 is 0 Å². The van der Waals surface area contributed by atoms with E-state index in [-0.39, 0.29) is 12.1 Å². The maximum absolute atomic E-state index is 12.8. The number of benzene rings is 1. The summed E-state index contributed by atoms with van der Waals surface area (Å²) >= 11 is 1.34. The predicted molar refractivity (Wildman–Crippen MR) is 111 cm³/mol. The fourth-order valence-corrected chi connectivity index (χ4v) is 3.79. The highest BCUT2D eigenvalue weighted by molar-refractivity contribution is 7.19. The number of amides is 1. The molecule has 1 N–H and O–H groups in total. The van der Waals surface area contributed by atoms with E-state index in [2.05, 4.69) is 20.1 Å². The van der Waals surface area contributed by atoms with E-state index < -0.39 is 17.4 Å². The van der Waals surface area contributed by atoms with Gasteiger partial charge >= 0.3 is 5.97 Å². The molecule has 3 aromatic heterocycles. The van der Waals surface area contributed by atoms with E-state index in [1.807, 2.05) is 0 Å². The number of rotatable bonds is 5. The number of carbonyl (C=O) groups excluding carboxylic acids is 2. The Morgan fingerprint density at radius 1 is 1.23 bits per heavy atom. The first-order chi connectivity index (χ1) is 14.5. The van der Waals surface area contributed by atoms with Gasteiger partial charge in [-0.3, -0.25) is 9.59 Å². The van der Waals surface area contributed by atoms with Crippen molar-refractivity contribution in [1.82, 2.24) is 14.8 Å². The summed E-state index contributed by atoms with van der Waals surface area (Å²) in [7, 11) is 1.29. The smallest absolute Gasteiger partial charge is 0.337 e. The summed E-state index contributed by atoms with van der Waals surface area (Å²) in [6.45, 7) is 1.49. The number of aryl methyl sites for hydroxylation is 1. The Hall–Kier alpha value is -3.79. The first-order valence-electron chi connectivity index (χ1n) is 8.86. The zero-order valence-electron chi connectivity index (χ0n) is 16.0. The number of esters is 1. The van der Waals surface area contributed by atoms with Crippen LogP contribution in [0.25, 0.3) is 21.7 Å². The molecule has 10 heteroatoms. The van der Waals surface area contributed by atoms with E-state index in [1.165, 1.54) is 36.8 Å². The van der Waals surface area contributed by atoms with Gasteiger partial charge in [0.25, 0.3) is 5.56 Å². The van der Waals surface area contributed by atoms with Crippen molar-refractivity contribution >= 4 is 39.1 Å². The molecule has 1 amide bonds. The molecule has 0 saturated carbocycles. The third kappa shape index (κ3) is 3.72. The van der Waals surface area contributed by atoms with Crippen molar-refractivity contribution in [3.8, 4) is 11.5 Å². The van der Waals surface area contributed by atoms with Gasteiger partial charge in [0.05, 0.1) is 28.6 Å². The van der Waals surface area contributed by atoms with Crippen LogP contribution in [0.5, 0.6) is 0 Å². The fourth-order valence-electron chi connectivity index (χ4n) is 2.89. The monoisotopic (exact) mass is 424 g/mol. The number of furan rings is 1. The average Bonchev–Trinajstić information content (AvgIpc) is 3.40. The Bertz CT molecular complexity index is 1290. The van der Waals surface area contributed by atoms with Crippen LogP contribution in [0.15, 0.2) is 51.9 Å². The summed E-state index contributed by atoms with van der Waals surface area (Å²) in [5.74, 6) is -0.440. The molecule has 0 fully saturated rings. The molecular weight excluding hydrogens is 408 g/mol. The largest absolute Gasteiger partial charge is 0.465 e. The Morgan fingerprint density at radius 3 is 2.67 bits per heavy atom. The molecule has 0 spiro atoms. The molecule has 0 aliphatic heterocycles. The van der Waals surface area contributed by atoms with Crippen molar-refractivity contribution in [3.05, 3.63) is 63.6 Å². The lowest BCUT2D eigenvalue weighted by Crippen LogP contribution is -2.30. The topological polar surface area (TPSA) is 116 Å². The number of thiazole rings is 1. The zero-order valence-corrected chi connectivity index (χ0v) is 16.9. The Labute approximate surface area is 173 Å². The minimum atomic E-state index is -0.471.